The first-order valence-electron chi connectivity index (χ1n) is 8.52. The van der Waals surface area contributed by atoms with E-state index < -0.39 is 0 Å². The van der Waals surface area contributed by atoms with E-state index in [2.05, 4.69) is 15.2 Å². The van der Waals surface area contributed by atoms with Gasteiger partial charge in [-0.05, 0) is 36.5 Å². The van der Waals surface area contributed by atoms with E-state index in [-0.39, 0.29) is 11.9 Å². The van der Waals surface area contributed by atoms with Gasteiger partial charge in [0.05, 0.1) is 13.2 Å². The highest BCUT2D eigenvalue weighted by atomic mass is 16.5. The summed E-state index contributed by atoms with van der Waals surface area (Å²) in [7, 11) is 0. The van der Waals surface area contributed by atoms with Crippen LogP contribution < -0.4 is 16.0 Å². The number of anilines is 1. The van der Waals surface area contributed by atoms with Gasteiger partial charge < -0.3 is 20.7 Å². The van der Waals surface area contributed by atoms with Crippen molar-refractivity contribution in [3.05, 3.63) is 23.9 Å². The molecule has 1 amide bonds. The average Bonchev–Trinajstić information content (AvgIpc) is 2.99. The Bertz CT molecular complexity index is 531. The van der Waals surface area contributed by atoms with Crippen LogP contribution in [0.3, 0.4) is 0 Å². The third-order valence-electron chi connectivity index (χ3n) is 4.80. The minimum atomic E-state index is 0.0945. The molecule has 6 nitrogen and oxygen atoms in total. The lowest BCUT2D eigenvalue weighted by atomic mass is 10.00. The number of rotatable bonds is 5. The molecule has 0 aromatic carbocycles. The van der Waals surface area contributed by atoms with Crippen LogP contribution in [0, 0.1) is 5.92 Å². The number of hydrogen-bond donors (Lipinski definition) is 2. The number of pyridine rings is 1. The first-order valence-corrected chi connectivity index (χ1v) is 8.52. The molecule has 1 aromatic heterocycles. The Kier molecular flexibility index (Phi) is 5.46. The van der Waals surface area contributed by atoms with Gasteiger partial charge in [-0.25, -0.2) is 4.98 Å². The zero-order valence-corrected chi connectivity index (χ0v) is 13.5. The Balaban J connectivity index is 1.50. The van der Waals surface area contributed by atoms with Crippen LogP contribution in [-0.4, -0.2) is 43.2 Å². The molecule has 2 fully saturated rings. The molecule has 2 atom stereocenters. The minimum absolute atomic E-state index is 0.0945. The minimum Gasteiger partial charge on any atom is -0.378 e. The summed E-state index contributed by atoms with van der Waals surface area (Å²) >= 11 is 0. The summed E-state index contributed by atoms with van der Waals surface area (Å²) in [5.41, 5.74) is 7.11. The Morgan fingerprint density at radius 2 is 2.22 bits per heavy atom. The van der Waals surface area contributed by atoms with Gasteiger partial charge in [-0.3, -0.25) is 4.79 Å². The molecule has 1 aliphatic heterocycles. The molecule has 1 aliphatic carbocycles. The smallest absolute Gasteiger partial charge is 0.220 e. The Morgan fingerprint density at radius 1 is 1.39 bits per heavy atom. The molecule has 2 aliphatic rings. The number of amides is 1. The number of nitrogens with two attached hydrogens (primary N) is 1. The van der Waals surface area contributed by atoms with E-state index in [0.717, 1.165) is 56.9 Å². The van der Waals surface area contributed by atoms with Gasteiger partial charge in [0.1, 0.15) is 5.82 Å². The summed E-state index contributed by atoms with van der Waals surface area (Å²) in [4.78, 5) is 18.7. The highest BCUT2D eigenvalue weighted by molar-refractivity contribution is 5.76. The zero-order chi connectivity index (χ0) is 16.1. The first kappa shape index (κ1) is 16.2. The van der Waals surface area contributed by atoms with Crippen molar-refractivity contribution in [2.24, 2.45) is 11.7 Å². The van der Waals surface area contributed by atoms with Gasteiger partial charge in [0, 0.05) is 38.3 Å². The van der Waals surface area contributed by atoms with Gasteiger partial charge in [0.25, 0.3) is 0 Å². The van der Waals surface area contributed by atoms with Crippen molar-refractivity contribution in [2.45, 2.75) is 38.3 Å². The van der Waals surface area contributed by atoms with E-state index in [1.807, 2.05) is 12.1 Å². The van der Waals surface area contributed by atoms with Crippen molar-refractivity contribution in [1.29, 1.82) is 0 Å². The number of carbonyl (C=O) groups excluding carboxylic acids is 1. The third kappa shape index (κ3) is 4.42. The molecule has 23 heavy (non-hydrogen) atoms. The van der Waals surface area contributed by atoms with Gasteiger partial charge in [-0.1, -0.05) is 6.42 Å². The number of morpholine rings is 1. The molecule has 3 rings (SSSR count). The molecule has 6 heteroatoms. The van der Waals surface area contributed by atoms with E-state index in [0.29, 0.717) is 18.9 Å². The van der Waals surface area contributed by atoms with Crippen molar-refractivity contribution in [1.82, 2.24) is 10.3 Å². The van der Waals surface area contributed by atoms with Crippen molar-refractivity contribution in [3.63, 3.8) is 0 Å². The van der Waals surface area contributed by atoms with Crippen LogP contribution in [0.5, 0.6) is 0 Å². The molecule has 2 heterocycles. The zero-order valence-electron chi connectivity index (χ0n) is 13.5. The highest BCUT2D eigenvalue weighted by Crippen LogP contribution is 2.26. The normalized spacial score (nSPS) is 24.7. The predicted molar refractivity (Wildman–Crippen MR) is 89.0 cm³/mol. The number of nitrogens with zero attached hydrogens (tertiary/aromatic N) is 2. The van der Waals surface area contributed by atoms with Gasteiger partial charge in [0.15, 0.2) is 0 Å². The van der Waals surface area contributed by atoms with Gasteiger partial charge in [0.2, 0.25) is 5.91 Å². The van der Waals surface area contributed by atoms with E-state index in [1.165, 1.54) is 0 Å². The fourth-order valence-corrected chi connectivity index (χ4v) is 3.37. The molecule has 1 saturated carbocycles. The SMILES string of the molecule is N[C@@H]1CCC[C@H]1CC(=O)NCc1ccnc(N2CCOCC2)c1. The van der Waals surface area contributed by atoms with Crippen molar-refractivity contribution >= 4 is 11.7 Å². The average molecular weight is 318 g/mol. The van der Waals surface area contributed by atoms with Crippen LogP contribution >= 0.6 is 0 Å². The molecule has 126 valence electrons. The van der Waals surface area contributed by atoms with Crippen LogP contribution in [0.1, 0.15) is 31.2 Å². The monoisotopic (exact) mass is 318 g/mol. The molecule has 0 bridgehead atoms. The molecule has 3 N–H and O–H groups in total. The van der Waals surface area contributed by atoms with E-state index >= 15 is 0 Å². The Hall–Kier alpha value is -1.66. The molecule has 0 unspecified atom stereocenters. The fraction of sp³-hybridized carbons (Fsp3) is 0.647. The number of carbonyl (C=O) groups is 1. The second kappa shape index (κ2) is 7.75. The topological polar surface area (TPSA) is 80.5 Å². The maximum absolute atomic E-state index is 12.1. The van der Waals surface area contributed by atoms with Crippen LogP contribution in [0.15, 0.2) is 18.3 Å². The Labute approximate surface area is 137 Å². The second-order valence-corrected chi connectivity index (χ2v) is 6.46. The Morgan fingerprint density at radius 3 is 2.96 bits per heavy atom. The number of aromatic nitrogens is 1. The molecular weight excluding hydrogens is 292 g/mol. The number of nitrogens with one attached hydrogen (secondary N) is 1. The van der Waals surface area contributed by atoms with Crippen LogP contribution in [0.4, 0.5) is 5.82 Å². The highest BCUT2D eigenvalue weighted by Gasteiger charge is 2.25. The molecule has 1 saturated heterocycles. The van der Waals surface area contributed by atoms with Crippen molar-refractivity contribution < 1.29 is 9.53 Å². The van der Waals surface area contributed by atoms with Crippen molar-refractivity contribution in [3.8, 4) is 0 Å². The quantitative estimate of drug-likeness (QED) is 0.848. The fourth-order valence-electron chi connectivity index (χ4n) is 3.37. The largest absolute Gasteiger partial charge is 0.378 e. The maximum atomic E-state index is 12.1. The molecule has 0 radical (unpaired) electrons. The molecular formula is C17H26N4O2. The summed E-state index contributed by atoms with van der Waals surface area (Å²) in [6.45, 7) is 3.75. The number of ether oxygens (including phenoxy) is 1. The van der Waals surface area contributed by atoms with Crippen molar-refractivity contribution in [2.75, 3.05) is 31.2 Å². The molecule has 0 spiro atoms. The standard InChI is InChI=1S/C17H26N4O2/c18-15-3-1-2-14(15)11-17(22)20-12-13-4-5-19-16(10-13)21-6-8-23-9-7-21/h4-5,10,14-15H,1-3,6-9,11-12,18H2,(H,20,22)/t14-,15+/m0/s1. The predicted octanol–water partition coefficient (Wildman–Crippen LogP) is 1.05. The van der Waals surface area contributed by atoms with Gasteiger partial charge in [-0.15, -0.1) is 0 Å². The van der Waals surface area contributed by atoms with E-state index in [1.54, 1.807) is 6.20 Å². The van der Waals surface area contributed by atoms with E-state index in [4.69, 9.17) is 10.5 Å². The van der Waals surface area contributed by atoms with Crippen LogP contribution in [0.25, 0.3) is 0 Å². The summed E-state index contributed by atoms with van der Waals surface area (Å²) in [5.74, 6) is 1.39. The van der Waals surface area contributed by atoms with Crippen LogP contribution in [-0.2, 0) is 16.1 Å². The van der Waals surface area contributed by atoms with Gasteiger partial charge >= 0.3 is 0 Å². The first-order chi connectivity index (χ1) is 11.2. The summed E-state index contributed by atoms with van der Waals surface area (Å²) < 4.78 is 5.37. The summed E-state index contributed by atoms with van der Waals surface area (Å²) in [5, 5.41) is 3.01. The number of hydrogen-bond acceptors (Lipinski definition) is 5. The second-order valence-electron chi connectivity index (χ2n) is 6.46. The summed E-state index contributed by atoms with van der Waals surface area (Å²) in [6.07, 6.45) is 5.62. The lowest BCUT2D eigenvalue weighted by Crippen LogP contribution is -2.36. The summed E-state index contributed by atoms with van der Waals surface area (Å²) in [6, 6.07) is 4.19. The molecule has 1 aromatic rings. The third-order valence-corrected chi connectivity index (χ3v) is 4.80. The lowest BCUT2D eigenvalue weighted by Gasteiger charge is -2.28. The van der Waals surface area contributed by atoms with E-state index in [9.17, 15) is 4.79 Å². The lowest BCUT2D eigenvalue weighted by molar-refractivity contribution is -0.122. The van der Waals surface area contributed by atoms with Gasteiger partial charge in [-0.2, -0.15) is 0 Å². The maximum Gasteiger partial charge on any atom is 0.220 e. The van der Waals surface area contributed by atoms with Crippen LogP contribution in [0.2, 0.25) is 0 Å².